The molecule has 27 heavy (non-hydrogen) atoms. The molecule has 1 aromatic heterocycles. The molecule has 5 heteroatoms. The molecule has 1 aliphatic heterocycles. The number of nitrogens with two attached hydrogens (primary N) is 1. The van der Waals surface area contributed by atoms with Gasteiger partial charge in [0.25, 0.3) is 5.91 Å². The van der Waals surface area contributed by atoms with Crippen LogP contribution in [0.4, 0.5) is 5.69 Å². The third kappa shape index (κ3) is 3.19. The first-order valence-corrected chi connectivity index (χ1v) is 8.90. The Morgan fingerprint density at radius 1 is 1.19 bits per heavy atom. The Morgan fingerprint density at radius 2 is 1.96 bits per heavy atom. The number of nitrogens with zero attached hydrogens (tertiary/aromatic N) is 1. The van der Waals surface area contributed by atoms with Crippen LogP contribution in [0.1, 0.15) is 15.9 Å². The van der Waals surface area contributed by atoms with E-state index >= 15 is 0 Å². The number of primary amides is 1. The summed E-state index contributed by atoms with van der Waals surface area (Å²) in [5.41, 5.74) is 11.0. The molecule has 0 atom stereocenters. The number of aromatic amines is 1. The molecule has 2 heterocycles. The lowest BCUT2D eigenvalue weighted by Gasteiger charge is -2.25. The molecule has 0 fully saturated rings. The van der Waals surface area contributed by atoms with Crippen LogP contribution in [0.3, 0.4) is 0 Å². The van der Waals surface area contributed by atoms with Gasteiger partial charge in [0.05, 0.1) is 11.1 Å². The van der Waals surface area contributed by atoms with Crippen molar-refractivity contribution < 1.29 is 4.79 Å². The van der Waals surface area contributed by atoms with Crippen LogP contribution < -0.4 is 11.1 Å². The summed E-state index contributed by atoms with van der Waals surface area (Å²) in [5, 5.41) is 4.41. The number of nitrogens with one attached hydrogen (secondary N) is 2. The first kappa shape index (κ1) is 17.0. The predicted molar refractivity (Wildman–Crippen MR) is 110 cm³/mol. The molecule has 0 saturated carbocycles. The van der Waals surface area contributed by atoms with E-state index in [1.54, 1.807) is 6.07 Å². The Morgan fingerprint density at radius 3 is 2.67 bits per heavy atom. The molecular formula is C22H22N4O. The Bertz CT molecular complexity index is 1070. The van der Waals surface area contributed by atoms with Crippen molar-refractivity contribution in [1.29, 1.82) is 0 Å². The molecule has 5 nitrogen and oxygen atoms in total. The van der Waals surface area contributed by atoms with E-state index in [0.29, 0.717) is 5.56 Å². The number of amides is 1. The van der Waals surface area contributed by atoms with E-state index in [0.717, 1.165) is 40.2 Å². The second kappa shape index (κ2) is 6.68. The zero-order valence-corrected chi connectivity index (χ0v) is 15.4. The van der Waals surface area contributed by atoms with E-state index in [9.17, 15) is 4.79 Å². The van der Waals surface area contributed by atoms with Gasteiger partial charge in [0.15, 0.2) is 0 Å². The maximum absolute atomic E-state index is 11.9. The third-order valence-electron chi connectivity index (χ3n) is 4.87. The van der Waals surface area contributed by atoms with Gasteiger partial charge in [-0.25, -0.2) is 0 Å². The summed E-state index contributed by atoms with van der Waals surface area (Å²) in [6.07, 6.45) is 6.17. The van der Waals surface area contributed by atoms with Crippen molar-refractivity contribution in [2.24, 2.45) is 5.73 Å². The van der Waals surface area contributed by atoms with Gasteiger partial charge in [0, 0.05) is 30.4 Å². The summed E-state index contributed by atoms with van der Waals surface area (Å²) >= 11 is 0. The Labute approximate surface area is 158 Å². The lowest BCUT2D eigenvalue weighted by Crippen LogP contribution is -2.24. The molecule has 1 amide bonds. The standard InChI is InChI=1S/C22H22N4O/c1-14-6-8-15(9-7-14)19-13-17-18(24-20-5-3-4-12-26(20)2)11-10-16(22(23)27)21(17)25-19/h3-11,13,24-25H,12H2,1-2H3,(H2,23,27). The SMILES string of the molecule is Cc1ccc(-c2cc3c(NC4=CC=CCN4C)ccc(C(N)=O)c3[nH]2)cc1. The number of carbonyl (C=O) groups is 1. The molecule has 2 aromatic carbocycles. The molecule has 0 saturated heterocycles. The second-order valence-corrected chi connectivity index (χ2v) is 6.85. The predicted octanol–water partition coefficient (Wildman–Crippen LogP) is 4.00. The number of hydrogen-bond donors (Lipinski definition) is 3. The first-order chi connectivity index (χ1) is 13.0. The van der Waals surface area contributed by atoms with Crippen molar-refractivity contribution in [3.63, 3.8) is 0 Å². The summed E-state index contributed by atoms with van der Waals surface area (Å²) < 4.78 is 0. The number of H-pyrrole nitrogens is 1. The van der Waals surface area contributed by atoms with Crippen LogP contribution in [0.2, 0.25) is 0 Å². The topological polar surface area (TPSA) is 74.2 Å². The number of likely N-dealkylation sites (N-methyl/N-ethyl adjacent to an activating group) is 1. The minimum Gasteiger partial charge on any atom is -0.366 e. The van der Waals surface area contributed by atoms with Crippen molar-refractivity contribution >= 4 is 22.5 Å². The summed E-state index contributed by atoms with van der Waals surface area (Å²) in [7, 11) is 2.03. The van der Waals surface area contributed by atoms with E-state index < -0.39 is 5.91 Å². The Kier molecular flexibility index (Phi) is 4.20. The van der Waals surface area contributed by atoms with Crippen LogP contribution in [0.25, 0.3) is 22.2 Å². The smallest absolute Gasteiger partial charge is 0.250 e. The van der Waals surface area contributed by atoms with Crippen LogP contribution in [0, 0.1) is 6.92 Å². The quantitative estimate of drug-likeness (QED) is 0.660. The summed E-state index contributed by atoms with van der Waals surface area (Å²) in [6, 6.07) is 14.0. The van der Waals surface area contributed by atoms with Gasteiger partial charge in [-0.05, 0) is 36.8 Å². The summed E-state index contributed by atoms with van der Waals surface area (Å²) in [6.45, 7) is 2.91. The third-order valence-corrected chi connectivity index (χ3v) is 4.87. The molecule has 136 valence electrons. The monoisotopic (exact) mass is 358 g/mol. The van der Waals surface area contributed by atoms with Gasteiger partial charge in [0.1, 0.15) is 5.82 Å². The summed E-state index contributed by atoms with van der Waals surface area (Å²) in [5.74, 6) is 0.560. The first-order valence-electron chi connectivity index (χ1n) is 8.90. The van der Waals surface area contributed by atoms with Gasteiger partial charge in [0.2, 0.25) is 0 Å². The van der Waals surface area contributed by atoms with Crippen LogP contribution in [-0.4, -0.2) is 29.4 Å². The average Bonchev–Trinajstić information content (AvgIpc) is 3.09. The number of carbonyl (C=O) groups excluding carboxylic acids is 1. The second-order valence-electron chi connectivity index (χ2n) is 6.85. The Hall–Kier alpha value is -3.47. The molecule has 0 bridgehead atoms. The maximum Gasteiger partial charge on any atom is 0.250 e. The normalized spacial score (nSPS) is 13.7. The van der Waals surface area contributed by atoms with E-state index in [2.05, 4.69) is 58.5 Å². The fraction of sp³-hybridized carbons (Fsp3) is 0.136. The number of allylic oxidation sites excluding steroid dienone is 2. The number of aryl methyl sites for hydroxylation is 1. The largest absolute Gasteiger partial charge is 0.366 e. The lowest BCUT2D eigenvalue weighted by atomic mass is 10.1. The number of fused-ring (bicyclic) bond motifs is 1. The van der Waals surface area contributed by atoms with Crippen LogP contribution >= 0.6 is 0 Å². The van der Waals surface area contributed by atoms with Gasteiger partial charge >= 0.3 is 0 Å². The van der Waals surface area contributed by atoms with Crippen molar-refractivity contribution in [1.82, 2.24) is 9.88 Å². The van der Waals surface area contributed by atoms with Gasteiger partial charge in [-0.2, -0.15) is 0 Å². The number of aromatic nitrogens is 1. The number of benzene rings is 2. The molecule has 1 aliphatic rings. The Balaban J connectivity index is 1.84. The van der Waals surface area contributed by atoms with Crippen LogP contribution in [-0.2, 0) is 0 Å². The molecular weight excluding hydrogens is 336 g/mol. The fourth-order valence-electron chi connectivity index (χ4n) is 3.30. The van der Waals surface area contributed by atoms with Gasteiger partial charge in [-0.15, -0.1) is 0 Å². The molecule has 0 spiro atoms. The minimum absolute atomic E-state index is 0.444. The number of rotatable bonds is 4. The van der Waals surface area contributed by atoms with E-state index in [1.807, 2.05) is 25.3 Å². The van der Waals surface area contributed by atoms with Crippen molar-refractivity contribution in [2.45, 2.75) is 6.92 Å². The van der Waals surface area contributed by atoms with E-state index in [4.69, 9.17) is 5.73 Å². The van der Waals surface area contributed by atoms with E-state index in [-0.39, 0.29) is 0 Å². The van der Waals surface area contributed by atoms with Crippen molar-refractivity contribution in [3.8, 4) is 11.3 Å². The molecule has 0 unspecified atom stereocenters. The molecule has 4 N–H and O–H groups in total. The summed E-state index contributed by atoms with van der Waals surface area (Å²) in [4.78, 5) is 17.4. The molecule has 3 aromatic rings. The average molecular weight is 358 g/mol. The highest BCUT2D eigenvalue weighted by Gasteiger charge is 2.16. The van der Waals surface area contributed by atoms with Gasteiger partial charge in [-0.1, -0.05) is 42.0 Å². The zero-order chi connectivity index (χ0) is 19.0. The van der Waals surface area contributed by atoms with Crippen molar-refractivity contribution in [3.05, 3.63) is 77.6 Å². The minimum atomic E-state index is -0.444. The lowest BCUT2D eigenvalue weighted by molar-refractivity contribution is 0.100. The van der Waals surface area contributed by atoms with Gasteiger partial charge < -0.3 is 20.9 Å². The fourth-order valence-corrected chi connectivity index (χ4v) is 3.30. The molecule has 0 radical (unpaired) electrons. The van der Waals surface area contributed by atoms with E-state index in [1.165, 1.54) is 5.56 Å². The van der Waals surface area contributed by atoms with Crippen LogP contribution in [0.15, 0.2) is 66.5 Å². The van der Waals surface area contributed by atoms with Crippen molar-refractivity contribution in [2.75, 3.05) is 18.9 Å². The van der Waals surface area contributed by atoms with Gasteiger partial charge in [-0.3, -0.25) is 4.79 Å². The zero-order valence-electron chi connectivity index (χ0n) is 15.4. The number of hydrogen-bond acceptors (Lipinski definition) is 3. The molecule has 4 rings (SSSR count). The highest BCUT2D eigenvalue weighted by molar-refractivity contribution is 6.09. The highest BCUT2D eigenvalue weighted by atomic mass is 16.1. The maximum atomic E-state index is 11.9. The molecule has 0 aliphatic carbocycles. The van der Waals surface area contributed by atoms with Crippen LogP contribution in [0.5, 0.6) is 0 Å². The highest BCUT2D eigenvalue weighted by Crippen LogP contribution is 2.32. The number of anilines is 1.